The van der Waals surface area contributed by atoms with Gasteiger partial charge in [0.05, 0.1) is 18.2 Å². The number of unbranched alkanes of at least 4 members (excludes halogenated alkanes) is 1. The van der Waals surface area contributed by atoms with E-state index in [9.17, 15) is 29.4 Å². The van der Waals surface area contributed by atoms with Crippen LogP contribution in [0.25, 0.3) is 0 Å². The van der Waals surface area contributed by atoms with Crippen LogP contribution in [-0.4, -0.2) is 76.5 Å². The van der Waals surface area contributed by atoms with E-state index in [4.69, 9.17) is 4.74 Å². The molecule has 0 aromatic heterocycles. The van der Waals surface area contributed by atoms with E-state index in [0.717, 1.165) is 38.5 Å². The van der Waals surface area contributed by atoms with Gasteiger partial charge in [0.15, 0.2) is 0 Å². The van der Waals surface area contributed by atoms with Gasteiger partial charge in [-0.1, -0.05) is 66.2 Å². The Kier molecular flexibility index (Phi) is 16.4. The molecule has 1 saturated carbocycles. The molecule has 1 aliphatic rings. The Labute approximate surface area is 252 Å². The number of aliphatic hydroxyl groups excluding tert-OH is 2. The second-order valence-corrected chi connectivity index (χ2v) is 13.3. The van der Waals surface area contributed by atoms with Crippen molar-refractivity contribution in [1.29, 1.82) is 0 Å². The number of hydrogen-bond acceptors (Lipinski definition) is 7. The number of carbonyl (C=O) groups is 4. The molecule has 11 nitrogen and oxygen atoms in total. The van der Waals surface area contributed by atoms with Crippen LogP contribution in [0, 0.1) is 17.8 Å². The van der Waals surface area contributed by atoms with Crippen molar-refractivity contribution in [2.75, 3.05) is 6.54 Å². The molecule has 0 spiro atoms. The van der Waals surface area contributed by atoms with Gasteiger partial charge >= 0.3 is 6.09 Å². The van der Waals surface area contributed by atoms with Crippen molar-refractivity contribution >= 4 is 23.8 Å². The third-order valence-electron chi connectivity index (χ3n) is 7.66. The number of rotatable bonds is 16. The smallest absolute Gasteiger partial charge is 0.408 e. The van der Waals surface area contributed by atoms with Crippen molar-refractivity contribution in [1.82, 2.24) is 21.3 Å². The molecule has 1 aliphatic carbocycles. The highest BCUT2D eigenvalue weighted by Gasteiger charge is 2.35. The summed E-state index contributed by atoms with van der Waals surface area (Å²) in [5.41, 5.74) is -0.800. The fourth-order valence-corrected chi connectivity index (χ4v) is 5.18. The molecule has 1 fully saturated rings. The summed E-state index contributed by atoms with van der Waals surface area (Å²) in [6, 6.07) is -2.93. The van der Waals surface area contributed by atoms with E-state index in [2.05, 4.69) is 21.3 Å². The highest BCUT2D eigenvalue weighted by Crippen LogP contribution is 2.29. The van der Waals surface area contributed by atoms with Crippen LogP contribution in [0.3, 0.4) is 0 Å². The van der Waals surface area contributed by atoms with Crippen molar-refractivity contribution in [3.63, 3.8) is 0 Å². The number of ether oxygens (including phenoxy) is 1. The molecule has 4 amide bonds. The van der Waals surface area contributed by atoms with Crippen LogP contribution in [0.1, 0.15) is 113 Å². The van der Waals surface area contributed by atoms with Crippen LogP contribution < -0.4 is 21.3 Å². The summed E-state index contributed by atoms with van der Waals surface area (Å²) in [5, 5.41) is 32.4. The maximum Gasteiger partial charge on any atom is 0.408 e. The summed E-state index contributed by atoms with van der Waals surface area (Å²) in [6.07, 6.45) is 4.97. The van der Waals surface area contributed by atoms with Crippen LogP contribution in [0.2, 0.25) is 0 Å². The molecule has 6 atom stereocenters. The molecule has 0 bridgehead atoms. The molecule has 1 rings (SSSR count). The number of alkyl carbamates (subject to hydrolysis) is 1. The van der Waals surface area contributed by atoms with Gasteiger partial charge in [-0.05, 0) is 58.8 Å². The van der Waals surface area contributed by atoms with Crippen molar-refractivity contribution in [3.05, 3.63) is 0 Å². The summed E-state index contributed by atoms with van der Waals surface area (Å²) < 4.78 is 5.22. The molecule has 0 radical (unpaired) electrons. The first kappa shape index (κ1) is 37.6. The second kappa shape index (κ2) is 18.3. The lowest BCUT2D eigenvalue weighted by Crippen LogP contribution is -2.60. The van der Waals surface area contributed by atoms with E-state index in [1.807, 2.05) is 6.92 Å². The summed E-state index contributed by atoms with van der Waals surface area (Å²) in [6.45, 7) is 14.4. The second-order valence-electron chi connectivity index (χ2n) is 13.3. The van der Waals surface area contributed by atoms with Crippen molar-refractivity contribution in [2.45, 2.75) is 149 Å². The largest absolute Gasteiger partial charge is 0.444 e. The Balaban J connectivity index is 3.02. The van der Waals surface area contributed by atoms with Gasteiger partial charge < -0.3 is 36.2 Å². The lowest BCUT2D eigenvalue weighted by Gasteiger charge is -2.33. The Morgan fingerprint density at radius 1 is 0.857 bits per heavy atom. The number of carbonyl (C=O) groups excluding carboxylic acids is 4. The maximum atomic E-state index is 13.6. The highest BCUT2D eigenvalue weighted by molar-refractivity contribution is 5.92. The standard InChI is InChI=1S/C31H58N4O7/c1-9-10-16-32-27(38)20(4)17-24(37)23(18-22-14-12-11-13-15-22)33-28(39)25(19(2)3)34-29(40)26(21(5)36)35-30(41)42-31(6,7)8/h19-26,36-37H,9-18H2,1-8H3,(H,32,38)(H,33,39)(H,34,40)(H,35,41)/t20-,21-,23+,24+,25+,26+/m1/s1. The van der Waals surface area contributed by atoms with Gasteiger partial charge in [0, 0.05) is 12.5 Å². The van der Waals surface area contributed by atoms with E-state index in [-0.39, 0.29) is 18.2 Å². The molecule has 42 heavy (non-hydrogen) atoms. The molecule has 0 aliphatic heterocycles. The predicted molar refractivity (Wildman–Crippen MR) is 162 cm³/mol. The Bertz CT molecular complexity index is 853. The zero-order valence-corrected chi connectivity index (χ0v) is 27.1. The molecular weight excluding hydrogens is 540 g/mol. The Hall–Kier alpha value is -2.40. The minimum absolute atomic E-state index is 0.126. The van der Waals surface area contributed by atoms with Gasteiger partial charge in [-0.15, -0.1) is 0 Å². The number of hydrogen-bond donors (Lipinski definition) is 6. The first-order chi connectivity index (χ1) is 19.5. The SMILES string of the molecule is CCCCNC(=O)[C@H](C)C[C@H](O)[C@H](CC1CCCCC1)NC(=O)[C@@H](NC(=O)[C@@H](NC(=O)OC(C)(C)C)[C@@H](C)O)C(C)C. The van der Waals surface area contributed by atoms with Gasteiger partial charge in [-0.3, -0.25) is 14.4 Å². The van der Waals surface area contributed by atoms with Gasteiger partial charge in [0.2, 0.25) is 17.7 Å². The molecule has 6 N–H and O–H groups in total. The molecule has 0 heterocycles. The molecule has 0 saturated heterocycles. The molecular formula is C31H58N4O7. The molecule has 0 aromatic rings. The number of nitrogens with one attached hydrogen (secondary N) is 4. The molecule has 0 aromatic carbocycles. The Morgan fingerprint density at radius 2 is 1.45 bits per heavy atom. The fourth-order valence-electron chi connectivity index (χ4n) is 5.18. The van der Waals surface area contributed by atoms with Crippen LogP contribution in [-0.2, 0) is 19.1 Å². The van der Waals surface area contributed by atoms with Crippen LogP contribution in [0.4, 0.5) is 4.79 Å². The predicted octanol–water partition coefficient (Wildman–Crippen LogP) is 3.16. The Morgan fingerprint density at radius 3 is 1.98 bits per heavy atom. The van der Waals surface area contributed by atoms with E-state index in [1.165, 1.54) is 13.3 Å². The topological polar surface area (TPSA) is 166 Å². The van der Waals surface area contributed by atoms with E-state index >= 15 is 0 Å². The molecule has 244 valence electrons. The van der Waals surface area contributed by atoms with Crippen LogP contribution in [0.15, 0.2) is 0 Å². The lowest BCUT2D eigenvalue weighted by molar-refractivity contribution is -0.133. The maximum absolute atomic E-state index is 13.6. The van der Waals surface area contributed by atoms with E-state index in [0.29, 0.717) is 18.9 Å². The number of aliphatic hydroxyl groups is 2. The first-order valence-electron chi connectivity index (χ1n) is 15.8. The fraction of sp³-hybridized carbons (Fsp3) is 0.871. The van der Waals surface area contributed by atoms with Crippen molar-refractivity contribution in [2.24, 2.45) is 17.8 Å². The van der Waals surface area contributed by atoms with E-state index in [1.54, 1.807) is 41.5 Å². The monoisotopic (exact) mass is 598 g/mol. The third-order valence-corrected chi connectivity index (χ3v) is 7.66. The number of amides is 4. The zero-order chi connectivity index (χ0) is 32.0. The third kappa shape index (κ3) is 14.2. The normalized spacial score (nSPS) is 18.6. The summed E-state index contributed by atoms with van der Waals surface area (Å²) in [7, 11) is 0. The van der Waals surface area contributed by atoms with Gasteiger partial charge in [0.25, 0.3) is 0 Å². The summed E-state index contributed by atoms with van der Waals surface area (Å²) >= 11 is 0. The van der Waals surface area contributed by atoms with Gasteiger partial charge in [-0.2, -0.15) is 0 Å². The van der Waals surface area contributed by atoms with Gasteiger partial charge in [-0.25, -0.2) is 4.79 Å². The van der Waals surface area contributed by atoms with E-state index < -0.39 is 59.8 Å². The minimum Gasteiger partial charge on any atom is -0.444 e. The van der Waals surface area contributed by atoms with Gasteiger partial charge in [0.1, 0.15) is 17.7 Å². The van der Waals surface area contributed by atoms with Crippen molar-refractivity contribution < 1.29 is 34.1 Å². The average molecular weight is 599 g/mol. The average Bonchev–Trinajstić information content (AvgIpc) is 2.88. The van der Waals surface area contributed by atoms with Crippen LogP contribution in [0.5, 0.6) is 0 Å². The summed E-state index contributed by atoms with van der Waals surface area (Å²) in [4.78, 5) is 51.6. The minimum atomic E-state index is -1.34. The van der Waals surface area contributed by atoms with Crippen LogP contribution >= 0.6 is 0 Å². The lowest BCUT2D eigenvalue weighted by atomic mass is 9.82. The molecule has 11 heteroatoms. The molecule has 0 unspecified atom stereocenters. The highest BCUT2D eigenvalue weighted by atomic mass is 16.6. The first-order valence-corrected chi connectivity index (χ1v) is 15.8. The van der Waals surface area contributed by atoms with Crippen molar-refractivity contribution in [3.8, 4) is 0 Å². The quantitative estimate of drug-likeness (QED) is 0.148. The zero-order valence-electron chi connectivity index (χ0n) is 27.1. The summed E-state index contributed by atoms with van der Waals surface area (Å²) in [5.74, 6) is -1.75.